The molecule has 186 valence electrons. The Labute approximate surface area is 212 Å². The van der Waals surface area contributed by atoms with Gasteiger partial charge >= 0.3 is 0 Å². The van der Waals surface area contributed by atoms with E-state index in [2.05, 4.69) is 38.8 Å². The van der Waals surface area contributed by atoms with Gasteiger partial charge in [0, 0.05) is 61.6 Å². The van der Waals surface area contributed by atoms with E-state index in [1.165, 1.54) is 11.3 Å². The van der Waals surface area contributed by atoms with Gasteiger partial charge in [-0.3, -0.25) is 19.4 Å². The summed E-state index contributed by atoms with van der Waals surface area (Å²) in [5, 5.41) is 6.09. The molecule has 4 heterocycles. The summed E-state index contributed by atoms with van der Waals surface area (Å²) in [6.45, 7) is 4.56. The quantitative estimate of drug-likeness (QED) is 0.373. The van der Waals surface area contributed by atoms with Crippen molar-refractivity contribution in [2.24, 2.45) is 0 Å². The summed E-state index contributed by atoms with van der Waals surface area (Å²) in [6, 6.07) is 14.6. The molecule has 0 bridgehead atoms. The molecular weight excluding hydrogens is 448 g/mol. The summed E-state index contributed by atoms with van der Waals surface area (Å²) in [6.07, 6.45) is 5.21. The average molecular weight is 483 g/mol. The Morgan fingerprint density at radius 2 is 1.94 bits per heavy atom. The van der Waals surface area contributed by atoms with Gasteiger partial charge in [-0.05, 0) is 75.7 Å². The number of likely N-dealkylation sites (N-methyl/N-ethyl adjacent to an activating group) is 2. The fourth-order valence-corrected chi connectivity index (χ4v) is 4.95. The van der Waals surface area contributed by atoms with Crippen LogP contribution in [-0.4, -0.2) is 69.7 Å². The van der Waals surface area contributed by atoms with Crippen molar-refractivity contribution in [3.63, 3.8) is 0 Å². The smallest absolute Gasteiger partial charge is 0.222 e. The van der Waals surface area contributed by atoms with Crippen LogP contribution in [0.15, 0.2) is 48.7 Å². The summed E-state index contributed by atoms with van der Waals surface area (Å²) < 4.78 is 2.15. The third-order valence-corrected chi connectivity index (χ3v) is 6.98. The van der Waals surface area contributed by atoms with E-state index in [0.717, 1.165) is 71.6 Å². The number of fused-ring (bicyclic) bond motifs is 2. The first-order valence-corrected chi connectivity index (χ1v) is 12.7. The molecule has 0 fully saturated rings. The molecule has 5 rings (SSSR count). The van der Waals surface area contributed by atoms with Gasteiger partial charge in [0.05, 0.1) is 11.2 Å². The lowest BCUT2D eigenvalue weighted by atomic mass is 9.95. The highest BCUT2D eigenvalue weighted by molar-refractivity contribution is 5.99. The van der Waals surface area contributed by atoms with Crippen LogP contribution in [0.2, 0.25) is 0 Å². The van der Waals surface area contributed by atoms with E-state index >= 15 is 0 Å². The van der Waals surface area contributed by atoms with Crippen LogP contribution in [0, 0.1) is 6.92 Å². The zero-order chi connectivity index (χ0) is 25.2. The first kappa shape index (κ1) is 24.1. The number of aryl methyl sites for hydroxylation is 3. The van der Waals surface area contributed by atoms with Crippen LogP contribution in [0.25, 0.3) is 33.4 Å². The molecule has 0 saturated carbocycles. The molecular formula is C29H34N6O. The Morgan fingerprint density at radius 1 is 1.08 bits per heavy atom. The minimum Gasteiger partial charge on any atom is -0.344 e. The van der Waals surface area contributed by atoms with Crippen molar-refractivity contribution in [1.29, 1.82) is 0 Å². The third kappa shape index (κ3) is 4.88. The predicted molar refractivity (Wildman–Crippen MR) is 144 cm³/mol. The van der Waals surface area contributed by atoms with Crippen molar-refractivity contribution in [1.82, 2.24) is 29.5 Å². The van der Waals surface area contributed by atoms with Gasteiger partial charge in [-0.2, -0.15) is 5.10 Å². The lowest BCUT2D eigenvalue weighted by Crippen LogP contribution is -2.33. The summed E-state index contributed by atoms with van der Waals surface area (Å²) in [5.41, 5.74) is 8.49. The summed E-state index contributed by atoms with van der Waals surface area (Å²) in [4.78, 5) is 26.0. The summed E-state index contributed by atoms with van der Waals surface area (Å²) in [7, 11) is 5.92. The van der Waals surface area contributed by atoms with Crippen molar-refractivity contribution in [2.45, 2.75) is 39.2 Å². The highest BCUT2D eigenvalue weighted by Gasteiger charge is 2.25. The maximum Gasteiger partial charge on any atom is 0.222 e. The molecule has 0 unspecified atom stereocenters. The molecule has 4 aromatic rings. The molecule has 1 aromatic carbocycles. The minimum atomic E-state index is 0.171. The van der Waals surface area contributed by atoms with Gasteiger partial charge < -0.3 is 9.80 Å². The van der Waals surface area contributed by atoms with E-state index < -0.39 is 0 Å². The highest BCUT2D eigenvalue weighted by atomic mass is 16.2. The largest absolute Gasteiger partial charge is 0.344 e. The van der Waals surface area contributed by atoms with Crippen molar-refractivity contribution >= 4 is 16.8 Å². The van der Waals surface area contributed by atoms with E-state index in [1.807, 2.05) is 57.4 Å². The molecule has 1 aliphatic heterocycles. The predicted octanol–water partition coefficient (Wildman–Crippen LogP) is 4.37. The van der Waals surface area contributed by atoms with Crippen molar-refractivity contribution in [3.8, 4) is 22.5 Å². The number of aromatic nitrogens is 4. The van der Waals surface area contributed by atoms with Gasteiger partial charge in [0.1, 0.15) is 5.69 Å². The molecule has 7 heteroatoms. The van der Waals surface area contributed by atoms with Gasteiger partial charge in [-0.25, -0.2) is 0 Å². The van der Waals surface area contributed by atoms with Crippen LogP contribution in [0.1, 0.15) is 29.8 Å². The Balaban J connectivity index is 1.45. The maximum atomic E-state index is 12.6. The van der Waals surface area contributed by atoms with Crippen molar-refractivity contribution < 1.29 is 4.79 Å². The SMILES string of the molecule is Cc1cccc(-c2nn3c(c2-c2ccnc4cc(CCC(=O)N(C)CCN(C)C)ccc24)CCC3)n1. The van der Waals surface area contributed by atoms with Crippen molar-refractivity contribution in [3.05, 3.63) is 65.6 Å². The Bertz CT molecular complexity index is 1410. The standard InChI is InChI=1S/C29H34N6O/c1-20-7-5-8-24(31-20)29-28(26-9-6-16-35(26)32-29)23-14-15-30-25-19-21(10-12-22(23)25)11-13-27(36)34(4)18-17-33(2)3/h5,7-8,10,12,14-15,19H,6,9,11,13,16-18H2,1-4H3. The number of hydrogen-bond donors (Lipinski definition) is 0. The highest BCUT2D eigenvalue weighted by Crippen LogP contribution is 2.39. The second-order valence-electron chi connectivity index (χ2n) is 9.99. The minimum absolute atomic E-state index is 0.171. The van der Waals surface area contributed by atoms with E-state index in [0.29, 0.717) is 12.8 Å². The fraction of sp³-hybridized carbons (Fsp3) is 0.379. The van der Waals surface area contributed by atoms with E-state index in [9.17, 15) is 4.79 Å². The Kier molecular flexibility index (Phi) is 6.83. The zero-order valence-electron chi connectivity index (χ0n) is 21.7. The first-order chi connectivity index (χ1) is 17.4. The van der Waals surface area contributed by atoms with Crippen LogP contribution in [0.3, 0.4) is 0 Å². The van der Waals surface area contributed by atoms with Gasteiger partial charge in [0.2, 0.25) is 5.91 Å². The van der Waals surface area contributed by atoms with E-state index in [1.54, 1.807) is 0 Å². The van der Waals surface area contributed by atoms with Crippen molar-refractivity contribution in [2.75, 3.05) is 34.2 Å². The molecule has 7 nitrogen and oxygen atoms in total. The van der Waals surface area contributed by atoms with E-state index in [-0.39, 0.29) is 5.91 Å². The second-order valence-corrected chi connectivity index (χ2v) is 9.99. The van der Waals surface area contributed by atoms with Gasteiger partial charge in [0.25, 0.3) is 0 Å². The number of pyridine rings is 2. The summed E-state index contributed by atoms with van der Waals surface area (Å²) in [5.74, 6) is 0.171. The van der Waals surface area contributed by atoms with Crippen LogP contribution < -0.4 is 0 Å². The number of rotatable bonds is 8. The number of amides is 1. The number of carbonyl (C=O) groups is 1. The molecule has 0 radical (unpaired) electrons. The molecule has 0 N–H and O–H groups in total. The molecule has 0 atom stereocenters. The Morgan fingerprint density at radius 3 is 2.75 bits per heavy atom. The monoisotopic (exact) mass is 482 g/mol. The van der Waals surface area contributed by atoms with Crippen LogP contribution in [0.4, 0.5) is 0 Å². The number of hydrogen-bond acceptors (Lipinski definition) is 5. The lowest BCUT2D eigenvalue weighted by molar-refractivity contribution is -0.129. The van der Waals surface area contributed by atoms with Gasteiger partial charge in [-0.1, -0.05) is 18.2 Å². The topological polar surface area (TPSA) is 67.2 Å². The van der Waals surface area contributed by atoms with Gasteiger partial charge in [-0.15, -0.1) is 0 Å². The lowest BCUT2D eigenvalue weighted by Gasteiger charge is -2.19. The Hall–Kier alpha value is -3.58. The van der Waals surface area contributed by atoms with Gasteiger partial charge in [0.15, 0.2) is 0 Å². The van der Waals surface area contributed by atoms with Crippen LogP contribution >= 0.6 is 0 Å². The molecule has 0 spiro atoms. The van der Waals surface area contributed by atoms with E-state index in [4.69, 9.17) is 10.1 Å². The fourth-order valence-electron chi connectivity index (χ4n) is 4.95. The van der Waals surface area contributed by atoms with Crippen LogP contribution in [-0.2, 0) is 24.2 Å². The molecule has 1 amide bonds. The number of benzene rings is 1. The third-order valence-electron chi connectivity index (χ3n) is 6.98. The first-order valence-electron chi connectivity index (χ1n) is 12.7. The number of nitrogens with zero attached hydrogens (tertiary/aromatic N) is 6. The summed E-state index contributed by atoms with van der Waals surface area (Å²) >= 11 is 0. The molecule has 36 heavy (non-hydrogen) atoms. The molecule has 0 saturated heterocycles. The molecule has 3 aromatic heterocycles. The zero-order valence-corrected chi connectivity index (χ0v) is 21.7. The molecule has 1 aliphatic rings. The number of carbonyl (C=O) groups excluding carboxylic acids is 1. The normalized spacial score (nSPS) is 12.9. The average Bonchev–Trinajstić information content (AvgIpc) is 3.47. The van der Waals surface area contributed by atoms with Crippen LogP contribution in [0.5, 0.6) is 0 Å². The molecule has 0 aliphatic carbocycles. The second kappa shape index (κ2) is 10.2. The maximum absolute atomic E-state index is 12.6.